The Morgan fingerprint density at radius 1 is 0.765 bits per heavy atom. The van der Waals surface area contributed by atoms with E-state index < -0.39 is 0 Å². The fourth-order valence-corrected chi connectivity index (χ4v) is 4.56. The Morgan fingerprint density at radius 3 is 2.18 bits per heavy atom. The second-order valence-corrected chi connectivity index (χ2v) is 9.27. The van der Waals surface area contributed by atoms with Crippen LogP contribution in [-0.4, -0.2) is 35.7 Å². The minimum Gasteiger partial charge on any atom is -0.352 e. The smallest absolute Gasteiger partial charge is 0.254 e. The van der Waals surface area contributed by atoms with Crippen molar-refractivity contribution in [2.45, 2.75) is 32.2 Å². The van der Waals surface area contributed by atoms with Crippen LogP contribution in [0.2, 0.25) is 0 Å². The van der Waals surface area contributed by atoms with E-state index in [2.05, 4.69) is 10.6 Å². The Morgan fingerprint density at radius 2 is 1.44 bits per heavy atom. The summed E-state index contributed by atoms with van der Waals surface area (Å²) in [6.45, 7) is 1.61. The fourth-order valence-electron chi connectivity index (χ4n) is 4.56. The number of benzene rings is 3. The van der Waals surface area contributed by atoms with Gasteiger partial charge in [-0.25, -0.2) is 0 Å². The van der Waals surface area contributed by atoms with Gasteiger partial charge in [0.1, 0.15) is 0 Å². The Balaban J connectivity index is 1.11. The Labute approximate surface area is 199 Å². The molecule has 34 heavy (non-hydrogen) atoms. The lowest BCUT2D eigenvalue weighted by Crippen LogP contribution is -2.43. The molecule has 2 fully saturated rings. The van der Waals surface area contributed by atoms with E-state index in [4.69, 9.17) is 0 Å². The first-order valence-corrected chi connectivity index (χ1v) is 12.0. The molecule has 1 aliphatic carbocycles. The maximum atomic E-state index is 13.1. The van der Waals surface area contributed by atoms with Gasteiger partial charge in [0.25, 0.3) is 5.91 Å². The van der Waals surface area contributed by atoms with Crippen molar-refractivity contribution in [2.75, 3.05) is 18.4 Å². The third-order valence-electron chi connectivity index (χ3n) is 6.81. The summed E-state index contributed by atoms with van der Waals surface area (Å²) in [5.41, 5.74) is 2.49. The highest BCUT2D eigenvalue weighted by Gasteiger charge is 2.30. The van der Waals surface area contributed by atoms with Gasteiger partial charge in [-0.15, -0.1) is 0 Å². The summed E-state index contributed by atoms with van der Waals surface area (Å²) >= 11 is 0. The van der Waals surface area contributed by atoms with Crippen molar-refractivity contribution >= 4 is 34.2 Å². The topological polar surface area (TPSA) is 78.5 Å². The van der Waals surface area contributed by atoms with Crippen molar-refractivity contribution < 1.29 is 14.4 Å². The molecular formula is C28H29N3O3. The van der Waals surface area contributed by atoms with Crippen LogP contribution in [-0.2, 0) is 16.1 Å². The average molecular weight is 456 g/mol. The largest absolute Gasteiger partial charge is 0.352 e. The highest BCUT2D eigenvalue weighted by Crippen LogP contribution is 2.30. The lowest BCUT2D eigenvalue weighted by molar-refractivity contribution is -0.126. The van der Waals surface area contributed by atoms with Crippen LogP contribution in [0.3, 0.4) is 0 Å². The number of carbonyl (C=O) groups is 3. The predicted molar refractivity (Wildman–Crippen MR) is 132 cm³/mol. The van der Waals surface area contributed by atoms with Crippen molar-refractivity contribution in [1.29, 1.82) is 0 Å². The van der Waals surface area contributed by atoms with Crippen molar-refractivity contribution in [3.05, 3.63) is 77.9 Å². The first-order valence-electron chi connectivity index (χ1n) is 12.0. The molecule has 0 spiro atoms. The van der Waals surface area contributed by atoms with Crippen LogP contribution >= 0.6 is 0 Å². The van der Waals surface area contributed by atoms with Crippen molar-refractivity contribution in [1.82, 2.24) is 10.2 Å². The number of nitrogens with zero attached hydrogens (tertiary/aromatic N) is 1. The maximum Gasteiger partial charge on any atom is 0.254 e. The molecule has 6 nitrogen and oxygen atoms in total. The van der Waals surface area contributed by atoms with Gasteiger partial charge in [0, 0.05) is 42.7 Å². The summed E-state index contributed by atoms with van der Waals surface area (Å²) < 4.78 is 0. The highest BCUT2D eigenvalue weighted by atomic mass is 16.2. The van der Waals surface area contributed by atoms with E-state index in [1.807, 2.05) is 71.6 Å². The second-order valence-electron chi connectivity index (χ2n) is 9.27. The molecule has 0 bridgehead atoms. The van der Waals surface area contributed by atoms with Gasteiger partial charge in [0.2, 0.25) is 11.8 Å². The minimum atomic E-state index is -0.0892. The molecule has 1 saturated carbocycles. The third kappa shape index (κ3) is 4.96. The third-order valence-corrected chi connectivity index (χ3v) is 6.81. The molecule has 5 rings (SSSR count). The summed E-state index contributed by atoms with van der Waals surface area (Å²) in [4.78, 5) is 39.6. The molecule has 2 N–H and O–H groups in total. The van der Waals surface area contributed by atoms with E-state index in [0.717, 1.165) is 40.4 Å². The number of fused-ring (bicyclic) bond motifs is 1. The quantitative estimate of drug-likeness (QED) is 0.580. The van der Waals surface area contributed by atoms with Crippen LogP contribution < -0.4 is 10.6 Å². The minimum absolute atomic E-state index is 0.0309. The second kappa shape index (κ2) is 9.67. The highest BCUT2D eigenvalue weighted by molar-refractivity contribution is 6.07. The van der Waals surface area contributed by atoms with Crippen molar-refractivity contribution in [2.24, 2.45) is 11.8 Å². The van der Waals surface area contributed by atoms with Crippen molar-refractivity contribution in [3.63, 3.8) is 0 Å². The standard InChI is InChI=1S/C28H29N3O3/c32-26(29-18-19-8-12-23(13-9-19)30-27(33)21-10-11-21)22-14-16-31(17-15-22)28(34)25-7-3-5-20-4-1-2-6-24(20)25/h1-9,12-13,21-22H,10-11,14-18H2,(H,29,32)(H,30,33). The van der Waals surface area contributed by atoms with Gasteiger partial charge < -0.3 is 15.5 Å². The number of amides is 3. The predicted octanol–water partition coefficient (Wildman–Crippen LogP) is 4.36. The molecule has 0 unspecified atom stereocenters. The molecule has 1 saturated heterocycles. The van der Waals surface area contributed by atoms with Gasteiger partial charge in [0.05, 0.1) is 0 Å². The number of hydrogen-bond acceptors (Lipinski definition) is 3. The zero-order chi connectivity index (χ0) is 23.5. The molecule has 6 heteroatoms. The van der Waals surface area contributed by atoms with E-state index in [1.54, 1.807) is 0 Å². The van der Waals surface area contributed by atoms with Gasteiger partial charge in [-0.05, 0) is 60.2 Å². The van der Waals surface area contributed by atoms with E-state index in [-0.39, 0.29) is 29.6 Å². The number of hydrogen-bond donors (Lipinski definition) is 2. The van der Waals surface area contributed by atoms with Gasteiger partial charge in [-0.1, -0.05) is 48.5 Å². The molecule has 3 aromatic rings. The molecule has 1 aliphatic heterocycles. The number of anilines is 1. The molecule has 2 aliphatic rings. The van der Waals surface area contributed by atoms with Gasteiger partial charge in [0.15, 0.2) is 0 Å². The maximum absolute atomic E-state index is 13.1. The lowest BCUT2D eigenvalue weighted by Gasteiger charge is -2.31. The molecular weight excluding hydrogens is 426 g/mol. The number of rotatable bonds is 6. The first-order chi connectivity index (χ1) is 16.6. The first kappa shape index (κ1) is 22.1. The van der Waals surface area contributed by atoms with Gasteiger partial charge in [-0.3, -0.25) is 14.4 Å². The summed E-state index contributed by atoms with van der Waals surface area (Å²) in [5.74, 6) is 0.237. The summed E-state index contributed by atoms with van der Waals surface area (Å²) in [6.07, 6.45) is 3.28. The molecule has 1 heterocycles. The van der Waals surface area contributed by atoms with Gasteiger partial charge >= 0.3 is 0 Å². The number of likely N-dealkylation sites (tertiary alicyclic amines) is 1. The average Bonchev–Trinajstić information content (AvgIpc) is 3.73. The van der Waals surface area contributed by atoms with E-state index in [1.165, 1.54) is 0 Å². The number of nitrogens with one attached hydrogen (secondary N) is 2. The lowest BCUT2D eigenvalue weighted by atomic mass is 9.94. The van der Waals surface area contributed by atoms with Gasteiger partial charge in [-0.2, -0.15) is 0 Å². The van der Waals surface area contributed by atoms with Crippen LogP contribution in [0.25, 0.3) is 10.8 Å². The number of piperidine rings is 1. The molecule has 174 valence electrons. The molecule has 3 aromatic carbocycles. The Hall–Kier alpha value is -3.67. The van der Waals surface area contributed by atoms with Crippen LogP contribution in [0.1, 0.15) is 41.6 Å². The Bertz CT molecular complexity index is 1200. The zero-order valence-corrected chi connectivity index (χ0v) is 19.1. The normalized spacial score (nSPS) is 16.3. The van der Waals surface area contributed by atoms with Crippen LogP contribution in [0.4, 0.5) is 5.69 Å². The zero-order valence-electron chi connectivity index (χ0n) is 19.1. The Kier molecular flexibility index (Phi) is 6.30. The monoisotopic (exact) mass is 455 g/mol. The van der Waals surface area contributed by atoms with Crippen LogP contribution in [0.5, 0.6) is 0 Å². The van der Waals surface area contributed by atoms with E-state index in [9.17, 15) is 14.4 Å². The molecule has 3 amide bonds. The summed E-state index contributed by atoms with van der Waals surface area (Å²) in [5, 5.41) is 7.97. The fraction of sp³-hybridized carbons (Fsp3) is 0.321. The van der Waals surface area contributed by atoms with Crippen molar-refractivity contribution in [3.8, 4) is 0 Å². The summed E-state index contributed by atoms with van der Waals surface area (Å²) in [7, 11) is 0. The molecule has 0 atom stereocenters. The van der Waals surface area contributed by atoms with Crippen LogP contribution in [0, 0.1) is 11.8 Å². The van der Waals surface area contributed by atoms with E-state index in [0.29, 0.717) is 32.5 Å². The molecule has 0 aromatic heterocycles. The number of carbonyl (C=O) groups excluding carboxylic acids is 3. The molecule has 0 radical (unpaired) electrons. The summed E-state index contributed by atoms with van der Waals surface area (Å²) in [6, 6.07) is 21.3. The van der Waals surface area contributed by atoms with Crippen LogP contribution in [0.15, 0.2) is 66.7 Å². The SMILES string of the molecule is O=C(NCc1ccc(NC(=O)C2CC2)cc1)C1CCN(C(=O)c2cccc3ccccc23)CC1. The van der Waals surface area contributed by atoms with E-state index >= 15 is 0 Å².